The van der Waals surface area contributed by atoms with E-state index in [-0.39, 0.29) is 61.7 Å². The molecule has 0 spiro atoms. The maximum atomic E-state index is 14.4. The third kappa shape index (κ3) is 9.93. The Morgan fingerprint density at radius 3 is 2.40 bits per heavy atom. The molecule has 0 aromatic heterocycles. The topological polar surface area (TPSA) is 183 Å². The second-order valence-corrected chi connectivity index (χ2v) is 16.8. The van der Waals surface area contributed by atoms with Gasteiger partial charge in [0, 0.05) is 37.7 Å². The first kappa shape index (κ1) is 41.7. The van der Waals surface area contributed by atoms with Crippen LogP contribution in [0.5, 0.6) is 0 Å². The van der Waals surface area contributed by atoms with Crippen molar-refractivity contribution in [1.29, 1.82) is 0 Å². The summed E-state index contributed by atoms with van der Waals surface area (Å²) in [5, 5.41) is 11.0. The molecule has 4 fully saturated rings. The molecule has 4 aliphatic rings. The van der Waals surface area contributed by atoms with E-state index >= 15 is 0 Å². The molecule has 1 aliphatic carbocycles. The number of urea groups is 1. The predicted octanol–water partition coefficient (Wildman–Crippen LogP) is 2.62. The number of imide groups is 1. The average Bonchev–Trinajstić information content (AvgIpc) is 3.42. The molecule has 7 amide bonds. The zero-order valence-electron chi connectivity index (χ0n) is 32.4. The van der Waals surface area contributed by atoms with Crippen LogP contribution in [0.2, 0.25) is 0 Å². The van der Waals surface area contributed by atoms with Crippen LogP contribution in [0, 0.1) is 28.6 Å². The number of hydrogen-bond acceptors (Lipinski definition) is 8. The van der Waals surface area contributed by atoms with Crippen LogP contribution in [0.3, 0.4) is 0 Å². The summed E-state index contributed by atoms with van der Waals surface area (Å²) in [5.41, 5.74) is -0.495. The Kier molecular flexibility index (Phi) is 13.7. The van der Waals surface area contributed by atoms with Crippen LogP contribution < -0.4 is 21.3 Å². The summed E-state index contributed by atoms with van der Waals surface area (Å²) >= 11 is 0. The number of fused-ring (bicyclic) bond motifs is 3. The number of rotatable bonds is 8. The van der Waals surface area contributed by atoms with Gasteiger partial charge in [0.2, 0.25) is 23.5 Å². The van der Waals surface area contributed by atoms with Gasteiger partial charge in [0.25, 0.3) is 11.8 Å². The van der Waals surface area contributed by atoms with E-state index in [1.54, 1.807) is 6.92 Å². The quantitative estimate of drug-likeness (QED) is 0.127. The number of ketones is 1. The van der Waals surface area contributed by atoms with E-state index in [0.29, 0.717) is 37.9 Å². The smallest absolute Gasteiger partial charge is 0.315 e. The average molecular weight is 741 g/mol. The molecule has 53 heavy (non-hydrogen) atoms. The normalized spacial score (nSPS) is 29.2. The minimum absolute atomic E-state index is 0.0239. The van der Waals surface area contributed by atoms with Crippen molar-refractivity contribution in [2.24, 2.45) is 28.6 Å². The molecule has 0 aromatic carbocycles. The van der Waals surface area contributed by atoms with Crippen molar-refractivity contribution in [2.75, 3.05) is 32.8 Å². The Bertz CT molecular complexity index is 1470. The fraction of sp³-hybridized carbons (Fsp3) is 0.718. The van der Waals surface area contributed by atoms with E-state index < -0.39 is 65.0 Å². The van der Waals surface area contributed by atoms with Gasteiger partial charge in [-0.2, -0.15) is 0 Å². The third-order valence-electron chi connectivity index (χ3n) is 11.5. The largest absolute Gasteiger partial charge is 0.379 e. The Morgan fingerprint density at radius 1 is 1.04 bits per heavy atom. The van der Waals surface area contributed by atoms with Crippen LogP contribution in [0.15, 0.2) is 24.8 Å². The number of piperidine rings is 1. The van der Waals surface area contributed by atoms with Crippen LogP contribution >= 0.6 is 0 Å². The van der Waals surface area contributed by atoms with E-state index in [1.165, 1.54) is 15.9 Å². The first-order valence-corrected chi connectivity index (χ1v) is 19.1. The van der Waals surface area contributed by atoms with E-state index in [0.717, 1.165) is 19.3 Å². The van der Waals surface area contributed by atoms with Crippen molar-refractivity contribution in [3.63, 3.8) is 0 Å². The highest BCUT2D eigenvalue weighted by Crippen LogP contribution is 2.65. The number of Topliss-reactive ketones (excluding diaryl/α,β-unsaturated/α-hetero) is 1. The maximum Gasteiger partial charge on any atom is 0.315 e. The Balaban J connectivity index is 1.57. The molecule has 1 saturated carbocycles. The lowest BCUT2D eigenvalue weighted by Gasteiger charge is -2.36. The van der Waals surface area contributed by atoms with Crippen LogP contribution in [0.1, 0.15) is 92.9 Å². The number of amides is 7. The molecule has 14 nitrogen and oxygen atoms in total. The second kappa shape index (κ2) is 17.4. The monoisotopic (exact) mass is 740 g/mol. The molecule has 294 valence electrons. The highest BCUT2D eigenvalue weighted by molar-refractivity contribution is 6.38. The minimum Gasteiger partial charge on any atom is -0.379 e. The van der Waals surface area contributed by atoms with Crippen molar-refractivity contribution in [1.82, 2.24) is 31.1 Å². The number of nitrogens with one attached hydrogen (secondary N) is 4. The number of nitrogens with zero attached hydrogens (tertiary/aromatic N) is 2. The van der Waals surface area contributed by atoms with Crippen molar-refractivity contribution in [2.45, 2.75) is 117 Å². The number of hydrogen-bond donors (Lipinski definition) is 4. The number of carbonyl (C=O) groups is 7. The molecule has 0 radical (unpaired) electrons. The molecule has 0 bridgehead atoms. The highest BCUT2D eigenvalue weighted by Gasteiger charge is 2.69. The molecule has 2 unspecified atom stereocenters. The van der Waals surface area contributed by atoms with Crippen molar-refractivity contribution in [3.05, 3.63) is 24.8 Å². The van der Waals surface area contributed by atoms with Gasteiger partial charge in [-0.05, 0) is 48.3 Å². The van der Waals surface area contributed by atoms with E-state index in [4.69, 9.17) is 4.74 Å². The molecule has 3 heterocycles. The van der Waals surface area contributed by atoms with Crippen LogP contribution in [-0.2, 0) is 33.5 Å². The van der Waals surface area contributed by atoms with Gasteiger partial charge in [-0.15, -0.1) is 6.58 Å². The first-order chi connectivity index (χ1) is 24.9. The van der Waals surface area contributed by atoms with E-state index in [1.807, 2.05) is 34.6 Å². The number of likely N-dealkylation sites (tertiary alicyclic amines) is 1. The van der Waals surface area contributed by atoms with Gasteiger partial charge in [0.05, 0.1) is 18.7 Å². The molecule has 4 rings (SSSR count). The van der Waals surface area contributed by atoms with Crippen molar-refractivity contribution < 1.29 is 38.3 Å². The van der Waals surface area contributed by atoms with E-state index in [9.17, 15) is 33.6 Å². The zero-order valence-corrected chi connectivity index (χ0v) is 32.4. The lowest BCUT2D eigenvalue weighted by Crippen LogP contribution is -2.61. The van der Waals surface area contributed by atoms with Crippen molar-refractivity contribution in [3.8, 4) is 0 Å². The highest BCUT2D eigenvalue weighted by atomic mass is 16.5. The molecular formula is C39H60N6O8. The van der Waals surface area contributed by atoms with Gasteiger partial charge in [0.1, 0.15) is 12.1 Å². The lowest BCUT2D eigenvalue weighted by atomic mass is 9.86. The standard InChI is InChI=1S/C39H60N6O8/c1-9-18-40-33(48)31(46)26-15-13-11-10-12-14-19-53-22-27(36(51)44-20-25-29(39(25,7)8)30(44)32(47)41-26)42-37(52)43-28(38(4,5)6)21-45-34(49)23(2)16-17-24(3)35(45)50/h9,24-30H,1-2,10-22H2,3-8H3,(H,40,48)(H,41,47)(H2,42,43,52)/t24?,25-,26-,27?,28+,29-,30-/m0/s1. The summed E-state index contributed by atoms with van der Waals surface area (Å²) in [6, 6.07) is -4.52. The summed E-state index contributed by atoms with van der Waals surface area (Å²) in [4.78, 5) is 97.2. The second-order valence-electron chi connectivity index (χ2n) is 16.8. The van der Waals surface area contributed by atoms with E-state index in [2.05, 4.69) is 34.4 Å². The third-order valence-corrected chi connectivity index (χ3v) is 11.5. The van der Waals surface area contributed by atoms with Crippen LogP contribution in [-0.4, -0.2) is 108 Å². The van der Waals surface area contributed by atoms with Gasteiger partial charge >= 0.3 is 6.03 Å². The summed E-state index contributed by atoms with van der Waals surface area (Å²) in [6.07, 6.45) is 6.48. The maximum absolute atomic E-state index is 14.4. The first-order valence-electron chi connectivity index (χ1n) is 19.1. The Labute approximate surface area is 313 Å². The molecule has 3 saturated heterocycles. The Hall–Kier alpha value is -4.07. The molecule has 0 aromatic rings. The molecular weight excluding hydrogens is 680 g/mol. The van der Waals surface area contributed by atoms with Gasteiger partial charge in [0.15, 0.2) is 0 Å². The molecule has 14 heteroatoms. The minimum atomic E-state index is -1.16. The molecule has 4 N–H and O–H groups in total. The van der Waals surface area contributed by atoms with Gasteiger partial charge in [-0.25, -0.2) is 4.79 Å². The lowest BCUT2D eigenvalue weighted by molar-refractivity contribution is -0.145. The summed E-state index contributed by atoms with van der Waals surface area (Å²) < 4.78 is 5.95. The zero-order chi connectivity index (χ0) is 39.2. The summed E-state index contributed by atoms with van der Waals surface area (Å²) in [5.74, 6) is -3.90. The molecule has 3 aliphatic heterocycles. The summed E-state index contributed by atoms with van der Waals surface area (Å²) in [7, 11) is 0. The fourth-order valence-electron chi connectivity index (χ4n) is 7.84. The fourth-order valence-corrected chi connectivity index (χ4v) is 7.84. The van der Waals surface area contributed by atoms with Crippen LogP contribution in [0.25, 0.3) is 0 Å². The Morgan fingerprint density at radius 2 is 1.72 bits per heavy atom. The SMILES string of the molecule is C=CCNC(=O)C(=O)[C@@H]1CCCCCCCOCC(NC(=O)N[C@H](CN2C(=O)C(=C)CCC(C)C2=O)C(C)(C)C)C(=O)N2C[C@H]3[C@@H]([C@H]2C(=O)N1)C3(C)C. The number of carbonyl (C=O) groups excluding carboxylic acids is 7. The summed E-state index contributed by atoms with van der Waals surface area (Å²) in [6.45, 7) is 19.5. The van der Waals surface area contributed by atoms with Gasteiger partial charge < -0.3 is 30.9 Å². The molecule has 7 atom stereocenters. The number of ether oxygens (including phenoxy) is 1. The van der Waals surface area contributed by atoms with Gasteiger partial charge in [-0.1, -0.05) is 79.9 Å². The van der Waals surface area contributed by atoms with Crippen molar-refractivity contribution >= 4 is 41.4 Å². The van der Waals surface area contributed by atoms with Gasteiger partial charge in [-0.3, -0.25) is 33.7 Å². The predicted molar refractivity (Wildman–Crippen MR) is 198 cm³/mol. The van der Waals surface area contributed by atoms with Crippen LogP contribution in [0.4, 0.5) is 4.79 Å².